The molecule has 0 saturated carbocycles. The number of carboxylic acids is 1. The molecular weight excluding hydrogens is 370 g/mol. The third kappa shape index (κ3) is 4.59. The summed E-state index contributed by atoms with van der Waals surface area (Å²) in [5.74, 6) is -0.390. The monoisotopic (exact) mass is 397 g/mol. The lowest BCUT2D eigenvalue weighted by molar-refractivity contribution is -0.143. The minimum atomic E-state index is -1.21. The average Bonchev–Trinajstić information content (AvgIpc) is 2.74. The van der Waals surface area contributed by atoms with Gasteiger partial charge in [-0.2, -0.15) is 0 Å². The maximum Gasteiger partial charge on any atom is 0.315 e. The van der Waals surface area contributed by atoms with Gasteiger partial charge in [-0.3, -0.25) is 9.59 Å². The zero-order valence-corrected chi connectivity index (χ0v) is 17.0. The molecule has 0 aliphatic carbocycles. The summed E-state index contributed by atoms with van der Waals surface area (Å²) in [6.45, 7) is 5.49. The van der Waals surface area contributed by atoms with Crippen LogP contribution < -0.4 is 14.8 Å². The number of hydrogen-bond donors (Lipinski definition) is 2. The van der Waals surface area contributed by atoms with Gasteiger partial charge in [0, 0.05) is 17.7 Å². The van der Waals surface area contributed by atoms with E-state index in [4.69, 9.17) is 9.47 Å². The highest BCUT2D eigenvalue weighted by Gasteiger charge is 2.39. The Morgan fingerprint density at radius 3 is 2.38 bits per heavy atom. The SMILES string of the molecule is C=CCc1cc(C(=O)NCC(CC)(C(=O)O)c2ccccc2)cc(OC)c1OC. The summed E-state index contributed by atoms with van der Waals surface area (Å²) < 4.78 is 10.7. The zero-order valence-electron chi connectivity index (χ0n) is 17.0. The molecule has 0 fully saturated rings. The van der Waals surface area contributed by atoms with Crippen LogP contribution in [0.2, 0.25) is 0 Å². The normalized spacial score (nSPS) is 12.5. The number of carboxylic acid groups (broad SMARTS) is 1. The van der Waals surface area contributed by atoms with Gasteiger partial charge >= 0.3 is 5.97 Å². The molecule has 2 N–H and O–H groups in total. The number of allylic oxidation sites excluding steroid dienone is 1. The predicted molar refractivity (Wildman–Crippen MR) is 112 cm³/mol. The number of ether oxygens (including phenoxy) is 2. The lowest BCUT2D eigenvalue weighted by Crippen LogP contribution is -2.46. The molecule has 29 heavy (non-hydrogen) atoms. The van der Waals surface area contributed by atoms with Crippen molar-refractivity contribution in [2.24, 2.45) is 0 Å². The summed E-state index contributed by atoms with van der Waals surface area (Å²) >= 11 is 0. The maximum atomic E-state index is 12.9. The van der Waals surface area contributed by atoms with Crippen molar-refractivity contribution in [3.8, 4) is 11.5 Å². The standard InChI is InChI=1S/C23H27NO5/c1-5-10-16-13-17(14-19(28-3)20(16)29-4)21(25)24-15-23(6-2,22(26)27)18-11-8-7-9-12-18/h5,7-9,11-14H,1,6,10,15H2,2-4H3,(H,24,25)(H,26,27). The number of benzene rings is 2. The number of amides is 1. The highest BCUT2D eigenvalue weighted by Crippen LogP contribution is 2.33. The van der Waals surface area contributed by atoms with Crippen molar-refractivity contribution in [1.29, 1.82) is 0 Å². The summed E-state index contributed by atoms with van der Waals surface area (Å²) in [7, 11) is 3.03. The van der Waals surface area contributed by atoms with Crippen molar-refractivity contribution in [3.05, 3.63) is 71.8 Å². The van der Waals surface area contributed by atoms with Gasteiger partial charge in [0.25, 0.3) is 5.91 Å². The van der Waals surface area contributed by atoms with E-state index in [2.05, 4.69) is 11.9 Å². The summed E-state index contributed by atoms with van der Waals surface area (Å²) in [5, 5.41) is 12.7. The van der Waals surface area contributed by atoms with Crippen LogP contribution in [-0.2, 0) is 16.6 Å². The fraction of sp³-hybridized carbons (Fsp3) is 0.304. The fourth-order valence-electron chi connectivity index (χ4n) is 3.35. The van der Waals surface area contributed by atoms with E-state index >= 15 is 0 Å². The van der Waals surface area contributed by atoms with E-state index in [9.17, 15) is 14.7 Å². The molecule has 2 aromatic carbocycles. The molecule has 0 aromatic heterocycles. The van der Waals surface area contributed by atoms with Crippen molar-refractivity contribution in [3.63, 3.8) is 0 Å². The first kappa shape index (κ1) is 22.0. The van der Waals surface area contributed by atoms with E-state index in [-0.39, 0.29) is 12.5 Å². The third-order valence-corrected chi connectivity index (χ3v) is 5.07. The second-order valence-electron chi connectivity index (χ2n) is 6.65. The van der Waals surface area contributed by atoms with E-state index in [0.717, 1.165) is 5.56 Å². The van der Waals surface area contributed by atoms with Crippen LogP contribution in [0.3, 0.4) is 0 Å². The summed E-state index contributed by atoms with van der Waals surface area (Å²) in [6.07, 6.45) is 2.54. The fourth-order valence-corrected chi connectivity index (χ4v) is 3.35. The van der Waals surface area contributed by atoms with E-state index in [1.54, 1.807) is 49.4 Å². The molecule has 0 radical (unpaired) electrons. The van der Waals surface area contributed by atoms with Gasteiger partial charge in [-0.1, -0.05) is 43.3 Å². The van der Waals surface area contributed by atoms with Gasteiger partial charge in [0.2, 0.25) is 0 Å². The largest absolute Gasteiger partial charge is 0.493 e. The average molecular weight is 397 g/mol. The molecule has 6 nitrogen and oxygen atoms in total. The first-order valence-corrected chi connectivity index (χ1v) is 9.36. The van der Waals surface area contributed by atoms with Gasteiger partial charge < -0.3 is 19.9 Å². The number of hydrogen-bond acceptors (Lipinski definition) is 4. The minimum Gasteiger partial charge on any atom is -0.493 e. The minimum absolute atomic E-state index is 0.0349. The molecular formula is C23H27NO5. The van der Waals surface area contributed by atoms with E-state index in [1.165, 1.54) is 14.2 Å². The molecule has 0 heterocycles. The number of carbonyl (C=O) groups is 2. The molecule has 0 saturated heterocycles. The van der Waals surface area contributed by atoms with Gasteiger partial charge in [0.15, 0.2) is 11.5 Å². The first-order valence-electron chi connectivity index (χ1n) is 9.36. The van der Waals surface area contributed by atoms with Crippen molar-refractivity contribution < 1.29 is 24.2 Å². The van der Waals surface area contributed by atoms with Crippen LogP contribution in [0.4, 0.5) is 0 Å². The topological polar surface area (TPSA) is 84.9 Å². The Bertz CT molecular complexity index is 878. The lowest BCUT2D eigenvalue weighted by Gasteiger charge is -2.29. The van der Waals surface area contributed by atoms with E-state index in [0.29, 0.717) is 35.5 Å². The highest BCUT2D eigenvalue weighted by molar-refractivity contribution is 5.96. The van der Waals surface area contributed by atoms with Crippen LogP contribution in [0.5, 0.6) is 11.5 Å². The Morgan fingerprint density at radius 2 is 1.86 bits per heavy atom. The van der Waals surface area contributed by atoms with Gasteiger partial charge in [0.05, 0.1) is 14.2 Å². The molecule has 0 bridgehead atoms. The zero-order chi connectivity index (χ0) is 21.4. The van der Waals surface area contributed by atoms with Crippen LogP contribution in [0.25, 0.3) is 0 Å². The number of aliphatic carboxylic acids is 1. The maximum absolute atomic E-state index is 12.9. The van der Waals surface area contributed by atoms with Crippen molar-refractivity contribution in [2.45, 2.75) is 25.2 Å². The van der Waals surface area contributed by atoms with Gasteiger partial charge in [0.1, 0.15) is 5.41 Å². The third-order valence-electron chi connectivity index (χ3n) is 5.07. The van der Waals surface area contributed by atoms with Crippen molar-refractivity contribution in [2.75, 3.05) is 20.8 Å². The summed E-state index contributed by atoms with van der Waals surface area (Å²) in [4.78, 5) is 25.0. The predicted octanol–water partition coefficient (Wildman–Crippen LogP) is 3.59. The van der Waals surface area contributed by atoms with E-state index in [1.807, 2.05) is 6.07 Å². The first-order chi connectivity index (χ1) is 13.9. The molecule has 2 rings (SSSR count). The Hall–Kier alpha value is -3.28. The van der Waals surface area contributed by atoms with Crippen LogP contribution in [0.15, 0.2) is 55.1 Å². The van der Waals surface area contributed by atoms with Crippen LogP contribution in [0, 0.1) is 0 Å². The number of nitrogens with one attached hydrogen (secondary N) is 1. The molecule has 1 atom stereocenters. The molecule has 154 valence electrons. The second kappa shape index (κ2) is 9.78. The number of carbonyl (C=O) groups excluding carboxylic acids is 1. The molecule has 0 spiro atoms. The quantitative estimate of drug-likeness (QED) is 0.599. The number of rotatable bonds is 10. The Morgan fingerprint density at radius 1 is 1.17 bits per heavy atom. The van der Waals surface area contributed by atoms with Crippen LogP contribution >= 0.6 is 0 Å². The summed E-state index contributed by atoms with van der Waals surface area (Å²) in [5.41, 5.74) is 0.560. The Balaban J connectivity index is 2.34. The van der Waals surface area contributed by atoms with Crippen molar-refractivity contribution >= 4 is 11.9 Å². The summed E-state index contributed by atoms with van der Waals surface area (Å²) in [6, 6.07) is 12.2. The molecule has 0 aliphatic heterocycles. The molecule has 1 amide bonds. The lowest BCUT2D eigenvalue weighted by atomic mass is 9.78. The highest BCUT2D eigenvalue weighted by atomic mass is 16.5. The Kier molecular flexibility index (Phi) is 7.42. The van der Waals surface area contributed by atoms with Gasteiger partial charge in [-0.05, 0) is 30.5 Å². The van der Waals surface area contributed by atoms with E-state index < -0.39 is 11.4 Å². The molecule has 1 unspecified atom stereocenters. The Labute approximate surface area is 171 Å². The molecule has 2 aromatic rings. The van der Waals surface area contributed by atoms with Gasteiger partial charge in [-0.25, -0.2) is 0 Å². The smallest absolute Gasteiger partial charge is 0.315 e. The van der Waals surface area contributed by atoms with Crippen LogP contribution in [-0.4, -0.2) is 37.7 Å². The van der Waals surface area contributed by atoms with Crippen LogP contribution in [0.1, 0.15) is 34.8 Å². The second-order valence-corrected chi connectivity index (χ2v) is 6.65. The van der Waals surface area contributed by atoms with Crippen molar-refractivity contribution in [1.82, 2.24) is 5.32 Å². The molecule has 6 heteroatoms. The molecule has 0 aliphatic rings. The van der Waals surface area contributed by atoms with Gasteiger partial charge in [-0.15, -0.1) is 6.58 Å². The number of methoxy groups -OCH3 is 2.